The summed E-state index contributed by atoms with van der Waals surface area (Å²) < 4.78 is 0. The van der Waals surface area contributed by atoms with Gasteiger partial charge in [-0.1, -0.05) is 29.3 Å². The third kappa shape index (κ3) is 2.68. The standard InChI is InChI=1S/C14H17N3/c1-10-6-11(2)8-12(7-10)14(15-3)13-9-16-4-5-17-13/h4-9,14-15H,1-3H3. The Hall–Kier alpha value is -1.74. The van der Waals surface area contributed by atoms with Crippen LogP contribution in [-0.4, -0.2) is 17.0 Å². The van der Waals surface area contributed by atoms with Crippen molar-refractivity contribution in [1.82, 2.24) is 15.3 Å². The van der Waals surface area contributed by atoms with E-state index in [-0.39, 0.29) is 6.04 Å². The van der Waals surface area contributed by atoms with Crippen LogP contribution in [0.5, 0.6) is 0 Å². The lowest BCUT2D eigenvalue weighted by Crippen LogP contribution is -2.19. The first kappa shape index (κ1) is 11.7. The molecule has 1 aromatic heterocycles. The highest BCUT2D eigenvalue weighted by Gasteiger charge is 2.13. The van der Waals surface area contributed by atoms with Crippen molar-refractivity contribution in [3.05, 3.63) is 59.2 Å². The number of rotatable bonds is 3. The molecule has 3 heteroatoms. The molecule has 17 heavy (non-hydrogen) atoms. The zero-order valence-electron chi connectivity index (χ0n) is 10.4. The Balaban J connectivity index is 2.42. The maximum atomic E-state index is 4.36. The molecule has 0 fully saturated rings. The molecule has 0 radical (unpaired) electrons. The van der Waals surface area contributed by atoms with Crippen LogP contribution in [0.15, 0.2) is 36.8 Å². The van der Waals surface area contributed by atoms with Gasteiger partial charge >= 0.3 is 0 Å². The minimum Gasteiger partial charge on any atom is -0.308 e. The van der Waals surface area contributed by atoms with Crippen LogP contribution in [0.1, 0.15) is 28.4 Å². The van der Waals surface area contributed by atoms with Crippen molar-refractivity contribution in [2.24, 2.45) is 0 Å². The number of benzene rings is 1. The van der Waals surface area contributed by atoms with E-state index in [2.05, 4.69) is 47.3 Å². The fourth-order valence-corrected chi connectivity index (χ4v) is 2.12. The number of aryl methyl sites for hydroxylation is 2. The molecule has 2 aromatic rings. The van der Waals surface area contributed by atoms with Crippen LogP contribution < -0.4 is 5.32 Å². The summed E-state index contributed by atoms with van der Waals surface area (Å²) in [4.78, 5) is 8.48. The Morgan fingerprint density at radius 1 is 1.06 bits per heavy atom. The molecule has 0 aliphatic carbocycles. The van der Waals surface area contributed by atoms with Gasteiger partial charge in [-0.2, -0.15) is 0 Å². The molecule has 0 aliphatic heterocycles. The monoisotopic (exact) mass is 227 g/mol. The number of nitrogens with zero attached hydrogens (tertiary/aromatic N) is 2. The van der Waals surface area contributed by atoms with Crippen molar-refractivity contribution in [1.29, 1.82) is 0 Å². The van der Waals surface area contributed by atoms with Crippen LogP contribution in [0.25, 0.3) is 0 Å². The third-order valence-corrected chi connectivity index (χ3v) is 2.74. The molecule has 0 bridgehead atoms. The van der Waals surface area contributed by atoms with Crippen LogP contribution in [0.3, 0.4) is 0 Å². The fraction of sp³-hybridized carbons (Fsp3) is 0.286. The van der Waals surface area contributed by atoms with Gasteiger partial charge in [0.1, 0.15) is 0 Å². The van der Waals surface area contributed by atoms with Gasteiger partial charge in [0.2, 0.25) is 0 Å². The average molecular weight is 227 g/mol. The first-order chi connectivity index (χ1) is 8.20. The molecule has 1 heterocycles. The van der Waals surface area contributed by atoms with E-state index >= 15 is 0 Å². The van der Waals surface area contributed by atoms with Crippen molar-refractivity contribution in [2.45, 2.75) is 19.9 Å². The molecule has 3 nitrogen and oxygen atoms in total. The fourth-order valence-electron chi connectivity index (χ4n) is 2.12. The molecule has 0 saturated carbocycles. The minimum absolute atomic E-state index is 0.0994. The SMILES string of the molecule is CNC(c1cc(C)cc(C)c1)c1cnccn1. The summed E-state index contributed by atoms with van der Waals surface area (Å²) in [5.74, 6) is 0. The Kier molecular flexibility index (Phi) is 3.49. The lowest BCUT2D eigenvalue weighted by atomic mass is 9.99. The second-order valence-electron chi connectivity index (χ2n) is 4.27. The van der Waals surface area contributed by atoms with E-state index in [0.717, 1.165) is 5.69 Å². The molecule has 0 spiro atoms. The summed E-state index contributed by atoms with van der Waals surface area (Å²) in [6.07, 6.45) is 5.22. The zero-order valence-corrected chi connectivity index (χ0v) is 10.4. The molecule has 0 saturated heterocycles. The van der Waals surface area contributed by atoms with E-state index in [1.54, 1.807) is 18.6 Å². The van der Waals surface area contributed by atoms with E-state index in [1.165, 1.54) is 16.7 Å². The van der Waals surface area contributed by atoms with Gasteiger partial charge in [-0.3, -0.25) is 9.97 Å². The van der Waals surface area contributed by atoms with Crippen LogP contribution in [-0.2, 0) is 0 Å². The number of nitrogens with one attached hydrogen (secondary N) is 1. The molecule has 0 aliphatic rings. The van der Waals surface area contributed by atoms with E-state index in [0.29, 0.717) is 0 Å². The van der Waals surface area contributed by atoms with Gasteiger partial charge in [0, 0.05) is 12.4 Å². The van der Waals surface area contributed by atoms with Gasteiger partial charge < -0.3 is 5.32 Å². The minimum atomic E-state index is 0.0994. The Morgan fingerprint density at radius 3 is 2.29 bits per heavy atom. The molecule has 0 amide bonds. The first-order valence-corrected chi connectivity index (χ1v) is 5.72. The number of hydrogen-bond acceptors (Lipinski definition) is 3. The summed E-state index contributed by atoms with van der Waals surface area (Å²) in [5.41, 5.74) is 4.71. The summed E-state index contributed by atoms with van der Waals surface area (Å²) in [7, 11) is 1.94. The van der Waals surface area contributed by atoms with Gasteiger partial charge in [0.05, 0.1) is 17.9 Å². The van der Waals surface area contributed by atoms with Crippen molar-refractivity contribution < 1.29 is 0 Å². The predicted molar refractivity (Wildman–Crippen MR) is 68.9 cm³/mol. The van der Waals surface area contributed by atoms with Crippen molar-refractivity contribution in [2.75, 3.05) is 7.05 Å². The van der Waals surface area contributed by atoms with Crippen molar-refractivity contribution in [3.8, 4) is 0 Å². The van der Waals surface area contributed by atoms with Crippen LogP contribution in [0.2, 0.25) is 0 Å². The summed E-state index contributed by atoms with van der Waals surface area (Å²) >= 11 is 0. The van der Waals surface area contributed by atoms with E-state index in [4.69, 9.17) is 0 Å². The number of hydrogen-bond donors (Lipinski definition) is 1. The first-order valence-electron chi connectivity index (χ1n) is 5.72. The maximum absolute atomic E-state index is 4.36. The quantitative estimate of drug-likeness (QED) is 0.875. The van der Waals surface area contributed by atoms with E-state index in [1.807, 2.05) is 7.05 Å². The van der Waals surface area contributed by atoms with Crippen LogP contribution >= 0.6 is 0 Å². The summed E-state index contributed by atoms with van der Waals surface area (Å²) in [6, 6.07) is 6.64. The molecule has 88 valence electrons. The highest BCUT2D eigenvalue weighted by atomic mass is 14.9. The third-order valence-electron chi connectivity index (χ3n) is 2.74. The topological polar surface area (TPSA) is 37.8 Å². The highest BCUT2D eigenvalue weighted by molar-refractivity contribution is 5.34. The molecule has 2 rings (SSSR count). The Labute approximate surface area is 102 Å². The zero-order chi connectivity index (χ0) is 12.3. The second kappa shape index (κ2) is 5.06. The predicted octanol–water partition coefficient (Wildman–Crippen LogP) is 2.40. The maximum Gasteiger partial charge on any atom is 0.0801 e. The summed E-state index contributed by atoms with van der Waals surface area (Å²) in [5, 5.41) is 3.29. The van der Waals surface area contributed by atoms with Gasteiger partial charge in [0.15, 0.2) is 0 Å². The average Bonchev–Trinajstić information content (AvgIpc) is 2.30. The highest BCUT2D eigenvalue weighted by Crippen LogP contribution is 2.21. The molecular formula is C14H17N3. The van der Waals surface area contributed by atoms with Gasteiger partial charge in [-0.05, 0) is 26.5 Å². The molecule has 1 N–H and O–H groups in total. The Bertz CT molecular complexity index is 474. The van der Waals surface area contributed by atoms with Gasteiger partial charge in [-0.15, -0.1) is 0 Å². The van der Waals surface area contributed by atoms with Gasteiger partial charge in [-0.25, -0.2) is 0 Å². The van der Waals surface area contributed by atoms with E-state index in [9.17, 15) is 0 Å². The molecule has 1 atom stereocenters. The Morgan fingerprint density at radius 2 is 1.76 bits per heavy atom. The van der Waals surface area contributed by atoms with Crippen molar-refractivity contribution in [3.63, 3.8) is 0 Å². The lowest BCUT2D eigenvalue weighted by molar-refractivity contribution is 0.666. The van der Waals surface area contributed by atoms with Gasteiger partial charge in [0.25, 0.3) is 0 Å². The van der Waals surface area contributed by atoms with Crippen molar-refractivity contribution >= 4 is 0 Å². The molecule has 1 aromatic carbocycles. The molecular weight excluding hydrogens is 210 g/mol. The largest absolute Gasteiger partial charge is 0.308 e. The second-order valence-corrected chi connectivity index (χ2v) is 4.27. The van der Waals surface area contributed by atoms with Crippen LogP contribution in [0, 0.1) is 13.8 Å². The smallest absolute Gasteiger partial charge is 0.0801 e. The number of aromatic nitrogens is 2. The van der Waals surface area contributed by atoms with Crippen LogP contribution in [0.4, 0.5) is 0 Å². The summed E-state index contributed by atoms with van der Waals surface area (Å²) in [6.45, 7) is 4.22. The van der Waals surface area contributed by atoms with E-state index < -0.39 is 0 Å². The molecule has 1 unspecified atom stereocenters. The lowest BCUT2D eigenvalue weighted by Gasteiger charge is -2.17. The normalized spacial score (nSPS) is 12.4.